The Morgan fingerprint density at radius 3 is 2.43 bits per heavy atom. The van der Waals surface area contributed by atoms with Crippen LogP contribution in [0, 0.1) is 0 Å². The van der Waals surface area contributed by atoms with Crippen molar-refractivity contribution in [3.05, 3.63) is 35.9 Å². The van der Waals surface area contributed by atoms with Gasteiger partial charge in [0, 0.05) is 5.97 Å². The van der Waals surface area contributed by atoms with Crippen molar-refractivity contribution in [1.82, 2.24) is 0 Å². The maximum Gasteiger partial charge on any atom is 0.0414 e. The molecule has 0 aliphatic carbocycles. The standard InChI is InChI=1S/C12H16O2/c13-12(14)10-6-2-5-9-11-7-3-1-4-8-11/h1,3-4,7-8H,2,5-6,9-10H2,(H,13,14)/p-1. The lowest BCUT2D eigenvalue weighted by atomic mass is 10.1. The topological polar surface area (TPSA) is 40.1 Å². The highest BCUT2D eigenvalue weighted by Gasteiger charge is 1.92. The predicted octanol–water partition coefficient (Wildman–Crippen LogP) is 1.54. The third kappa shape index (κ3) is 4.65. The number of carboxylic acid groups (broad SMARTS) is 1. The first kappa shape index (κ1) is 10.8. The van der Waals surface area contributed by atoms with E-state index >= 15 is 0 Å². The first-order valence-electron chi connectivity index (χ1n) is 5.03. The van der Waals surface area contributed by atoms with Crippen LogP contribution in [0.3, 0.4) is 0 Å². The predicted molar refractivity (Wildman–Crippen MR) is 53.6 cm³/mol. The molecule has 76 valence electrons. The highest BCUT2D eigenvalue weighted by atomic mass is 16.4. The van der Waals surface area contributed by atoms with E-state index in [1.54, 1.807) is 0 Å². The van der Waals surface area contributed by atoms with Crippen molar-refractivity contribution < 1.29 is 9.90 Å². The third-order valence-corrected chi connectivity index (χ3v) is 2.19. The summed E-state index contributed by atoms with van der Waals surface area (Å²) >= 11 is 0. The number of benzene rings is 1. The lowest BCUT2D eigenvalue weighted by Crippen LogP contribution is -2.21. The van der Waals surface area contributed by atoms with Crippen LogP contribution in [-0.4, -0.2) is 5.97 Å². The molecule has 0 amide bonds. The van der Waals surface area contributed by atoms with Gasteiger partial charge in [-0.25, -0.2) is 0 Å². The summed E-state index contributed by atoms with van der Waals surface area (Å²) in [6.07, 6.45) is 3.97. The van der Waals surface area contributed by atoms with E-state index in [4.69, 9.17) is 0 Å². The van der Waals surface area contributed by atoms with E-state index in [1.165, 1.54) is 5.56 Å². The Kier molecular flexibility index (Phi) is 4.76. The SMILES string of the molecule is O=C([O-])CCCCCc1ccccc1. The molecule has 14 heavy (non-hydrogen) atoms. The van der Waals surface area contributed by atoms with Gasteiger partial charge in [0.1, 0.15) is 0 Å². The van der Waals surface area contributed by atoms with E-state index in [0.29, 0.717) is 0 Å². The second-order valence-electron chi connectivity index (χ2n) is 3.42. The number of aliphatic carboxylic acids is 1. The molecule has 1 aromatic carbocycles. The minimum Gasteiger partial charge on any atom is -0.550 e. The van der Waals surface area contributed by atoms with Crippen LogP contribution in [0.1, 0.15) is 31.2 Å². The second kappa shape index (κ2) is 6.19. The first-order valence-corrected chi connectivity index (χ1v) is 5.03. The Morgan fingerprint density at radius 1 is 1.07 bits per heavy atom. The summed E-state index contributed by atoms with van der Waals surface area (Å²) in [4.78, 5) is 10.1. The van der Waals surface area contributed by atoms with Gasteiger partial charge in [-0.15, -0.1) is 0 Å². The maximum absolute atomic E-state index is 10.1. The van der Waals surface area contributed by atoms with Crippen LogP contribution in [0.2, 0.25) is 0 Å². The zero-order chi connectivity index (χ0) is 10.2. The molecular weight excluding hydrogens is 176 g/mol. The molecule has 0 saturated carbocycles. The summed E-state index contributed by atoms with van der Waals surface area (Å²) in [5, 5.41) is 10.1. The van der Waals surface area contributed by atoms with Crippen LogP contribution in [0.5, 0.6) is 0 Å². The largest absolute Gasteiger partial charge is 0.550 e. The van der Waals surface area contributed by atoms with Crippen molar-refractivity contribution in [1.29, 1.82) is 0 Å². The van der Waals surface area contributed by atoms with Gasteiger partial charge in [-0.3, -0.25) is 0 Å². The summed E-state index contributed by atoms with van der Waals surface area (Å²) in [5.41, 5.74) is 1.32. The van der Waals surface area contributed by atoms with Gasteiger partial charge in [0.05, 0.1) is 0 Å². The number of carbonyl (C=O) groups is 1. The van der Waals surface area contributed by atoms with E-state index < -0.39 is 5.97 Å². The molecule has 0 spiro atoms. The lowest BCUT2D eigenvalue weighted by molar-refractivity contribution is -0.305. The highest BCUT2D eigenvalue weighted by molar-refractivity contribution is 5.64. The number of hydrogen-bond donors (Lipinski definition) is 0. The number of unbranched alkanes of at least 4 members (excludes halogenated alkanes) is 2. The quantitative estimate of drug-likeness (QED) is 0.640. The third-order valence-electron chi connectivity index (χ3n) is 2.19. The molecule has 0 aliphatic heterocycles. The van der Waals surface area contributed by atoms with Gasteiger partial charge in [-0.2, -0.15) is 0 Å². The molecule has 0 fully saturated rings. The van der Waals surface area contributed by atoms with Gasteiger partial charge in [0.2, 0.25) is 0 Å². The average molecular weight is 191 g/mol. The smallest absolute Gasteiger partial charge is 0.0414 e. The van der Waals surface area contributed by atoms with Crippen LogP contribution >= 0.6 is 0 Å². The number of carbonyl (C=O) groups excluding carboxylic acids is 1. The average Bonchev–Trinajstić information content (AvgIpc) is 2.18. The molecule has 0 saturated heterocycles. The Balaban J connectivity index is 2.08. The molecule has 0 aliphatic rings. The number of hydrogen-bond acceptors (Lipinski definition) is 2. The van der Waals surface area contributed by atoms with Gasteiger partial charge >= 0.3 is 0 Å². The Labute approximate surface area is 84.6 Å². The van der Waals surface area contributed by atoms with Crippen LogP contribution in [0.4, 0.5) is 0 Å². The van der Waals surface area contributed by atoms with E-state index in [-0.39, 0.29) is 6.42 Å². The minimum atomic E-state index is -0.940. The van der Waals surface area contributed by atoms with Gasteiger partial charge < -0.3 is 9.90 Å². The molecule has 0 heterocycles. The second-order valence-corrected chi connectivity index (χ2v) is 3.42. The van der Waals surface area contributed by atoms with Crippen LogP contribution < -0.4 is 5.11 Å². The van der Waals surface area contributed by atoms with E-state index in [2.05, 4.69) is 12.1 Å². The molecule has 0 unspecified atom stereocenters. The molecule has 2 heteroatoms. The van der Waals surface area contributed by atoms with E-state index in [9.17, 15) is 9.90 Å². The molecule has 1 aromatic rings. The fourth-order valence-corrected chi connectivity index (χ4v) is 1.42. The monoisotopic (exact) mass is 191 g/mol. The maximum atomic E-state index is 10.1. The molecule has 0 aromatic heterocycles. The summed E-state index contributed by atoms with van der Waals surface area (Å²) < 4.78 is 0. The van der Waals surface area contributed by atoms with Crippen molar-refractivity contribution in [2.75, 3.05) is 0 Å². The first-order chi connectivity index (χ1) is 6.79. The van der Waals surface area contributed by atoms with Crippen LogP contribution in [0.25, 0.3) is 0 Å². The molecular formula is C12H15O2-. The fraction of sp³-hybridized carbons (Fsp3) is 0.417. The van der Waals surface area contributed by atoms with E-state index in [1.807, 2.05) is 18.2 Å². The highest BCUT2D eigenvalue weighted by Crippen LogP contribution is 2.06. The van der Waals surface area contributed by atoms with Crippen molar-refractivity contribution >= 4 is 5.97 Å². The minimum absolute atomic E-state index is 0.189. The van der Waals surface area contributed by atoms with Crippen LogP contribution in [0.15, 0.2) is 30.3 Å². The summed E-state index contributed by atoms with van der Waals surface area (Å²) in [6.45, 7) is 0. The molecule has 0 bridgehead atoms. The van der Waals surface area contributed by atoms with Gasteiger partial charge in [0.15, 0.2) is 0 Å². The summed E-state index contributed by atoms with van der Waals surface area (Å²) in [7, 11) is 0. The molecule has 0 radical (unpaired) electrons. The van der Waals surface area contributed by atoms with Gasteiger partial charge in [0.25, 0.3) is 0 Å². The number of rotatable bonds is 6. The summed E-state index contributed by atoms with van der Waals surface area (Å²) in [5.74, 6) is -0.940. The Bertz CT molecular complexity index is 267. The normalized spacial score (nSPS) is 10.0. The summed E-state index contributed by atoms with van der Waals surface area (Å²) in [6, 6.07) is 10.2. The Morgan fingerprint density at radius 2 is 1.79 bits per heavy atom. The number of carboxylic acids is 1. The zero-order valence-electron chi connectivity index (χ0n) is 8.24. The molecule has 0 N–H and O–H groups in total. The van der Waals surface area contributed by atoms with Crippen molar-refractivity contribution in [2.24, 2.45) is 0 Å². The van der Waals surface area contributed by atoms with Crippen LogP contribution in [-0.2, 0) is 11.2 Å². The van der Waals surface area contributed by atoms with Gasteiger partial charge in [-0.1, -0.05) is 36.8 Å². The van der Waals surface area contributed by atoms with Crippen molar-refractivity contribution in [3.63, 3.8) is 0 Å². The molecule has 0 atom stereocenters. The fourth-order valence-electron chi connectivity index (χ4n) is 1.42. The van der Waals surface area contributed by atoms with Gasteiger partial charge in [-0.05, 0) is 31.2 Å². The number of aryl methyl sites for hydroxylation is 1. The van der Waals surface area contributed by atoms with E-state index in [0.717, 1.165) is 25.7 Å². The molecule has 1 rings (SSSR count). The van der Waals surface area contributed by atoms with Crippen molar-refractivity contribution in [3.8, 4) is 0 Å². The lowest BCUT2D eigenvalue weighted by Gasteiger charge is -2.02. The Hall–Kier alpha value is -1.31. The molecule has 2 nitrogen and oxygen atoms in total. The zero-order valence-corrected chi connectivity index (χ0v) is 8.24. The van der Waals surface area contributed by atoms with Crippen molar-refractivity contribution in [2.45, 2.75) is 32.1 Å².